The van der Waals surface area contributed by atoms with Crippen LogP contribution in [-0.2, 0) is 0 Å². The molecule has 0 heterocycles. The van der Waals surface area contributed by atoms with Crippen molar-refractivity contribution < 1.29 is 13.9 Å². The normalized spacial score (nSPS) is 10.2. The lowest BCUT2D eigenvalue weighted by Crippen LogP contribution is -2.12. The van der Waals surface area contributed by atoms with Crippen LogP contribution in [0.25, 0.3) is 0 Å². The fourth-order valence-electron chi connectivity index (χ4n) is 1.63. The van der Waals surface area contributed by atoms with Gasteiger partial charge in [0, 0.05) is 21.1 Å². The molecule has 2 rings (SSSR count). The van der Waals surface area contributed by atoms with Gasteiger partial charge < -0.3 is 10.1 Å². The third-order valence-electron chi connectivity index (χ3n) is 2.61. The molecule has 1 N–H and O–H groups in total. The second-order valence-electron chi connectivity index (χ2n) is 3.96. The highest BCUT2D eigenvalue weighted by Gasteiger charge is 2.11. The number of nitrogens with one attached hydrogen (secondary N) is 1. The number of carbonyl (C=O) groups excluding carboxylic acids is 1. The van der Waals surface area contributed by atoms with E-state index < -0.39 is 5.82 Å². The Kier molecular flexibility index (Phi) is 4.67. The zero-order valence-corrected chi connectivity index (χ0v) is 13.0. The largest absolute Gasteiger partial charge is 0.494 e. The molecule has 3 nitrogen and oxygen atoms in total. The Bertz CT molecular complexity index is 664. The van der Waals surface area contributed by atoms with Gasteiger partial charge in [0.25, 0.3) is 5.91 Å². The van der Waals surface area contributed by atoms with Gasteiger partial charge in [0.2, 0.25) is 0 Å². The van der Waals surface area contributed by atoms with E-state index >= 15 is 0 Å². The SMILES string of the molecule is COc1cc(NC(=O)c2ccc(Br)cc2S)ccc1F. The predicted octanol–water partition coefficient (Wildman–Crippen LogP) is 4.14. The van der Waals surface area contributed by atoms with E-state index in [1.165, 1.54) is 25.3 Å². The zero-order chi connectivity index (χ0) is 14.7. The lowest BCUT2D eigenvalue weighted by atomic mass is 10.2. The number of methoxy groups -OCH3 is 1. The number of benzene rings is 2. The van der Waals surface area contributed by atoms with Crippen LogP contribution in [0.2, 0.25) is 0 Å². The van der Waals surface area contributed by atoms with Crippen LogP contribution in [0.1, 0.15) is 10.4 Å². The molecule has 0 aliphatic heterocycles. The molecule has 0 aromatic heterocycles. The van der Waals surface area contributed by atoms with Gasteiger partial charge in [-0.3, -0.25) is 4.79 Å². The minimum absolute atomic E-state index is 0.0738. The average molecular weight is 356 g/mol. The third-order valence-corrected chi connectivity index (χ3v) is 3.48. The number of carbonyl (C=O) groups is 1. The van der Waals surface area contributed by atoms with Crippen molar-refractivity contribution in [3.8, 4) is 5.75 Å². The fraction of sp³-hybridized carbons (Fsp3) is 0.0714. The molecule has 0 aliphatic carbocycles. The van der Waals surface area contributed by atoms with Gasteiger partial charge in [0.05, 0.1) is 12.7 Å². The van der Waals surface area contributed by atoms with E-state index in [-0.39, 0.29) is 11.7 Å². The Balaban J connectivity index is 2.23. The Morgan fingerprint density at radius 3 is 2.70 bits per heavy atom. The number of ether oxygens (including phenoxy) is 1. The van der Waals surface area contributed by atoms with Crippen molar-refractivity contribution in [2.24, 2.45) is 0 Å². The van der Waals surface area contributed by atoms with Crippen molar-refractivity contribution in [2.45, 2.75) is 4.90 Å². The van der Waals surface area contributed by atoms with Crippen LogP contribution < -0.4 is 10.1 Å². The number of hydrogen-bond donors (Lipinski definition) is 2. The van der Waals surface area contributed by atoms with E-state index in [2.05, 4.69) is 33.9 Å². The van der Waals surface area contributed by atoms with Crippen LogP contribution in [0.3, 0.4) is 0 Å². The van der Waals surface area contributed by atoms with Gasteiger partial charge in [-0.2, -0.15) is 0 Å². The maximum atomic E-state index is 13.3. The summed E-state index contributed by atoms with van der Waals surface area (Å²) < 4.78 is 19.0. The van der Waals surface area contributed by atoms with Crippen LogP contribution in [0.4, 0.5) is 10.1 Å². The van der Waals surface area contributed by atoms with Gasteiger partial charge in [-0.25, -0.2) is 4.39 Å². The molecule has 0 saturated heterocycles. The summed E-state index contributed by atoms with van der Waals surface area (Å²) in [5, 5.41) is 2.67. The molecular formula is C14H11BrFNO2S. The quantitative estimate of drug-likeness (QED) is 0.812. The first-order valence-electron chi connectivity index (χ1n) is 5.64. The summed E-state index contributed by atoms with van der Waals surface area (Å²) >= 11 is 7.55. The molecule has 0 saturated carbocycles. The number of thiol groups is 1. The van der Waals surface area contributed by atoms with E-state index in [1.807, 2.05) is 0 Å². The molecule has 2 aromatic rings. The first kappa shape index (κ1) is 14.9. The van der Waals surface area contributed by atoms with Crippen LogP contribution in [0.5, 0.6) is 5.75 Å². The summed E-state index contributed by atoms with van der Waals surface area (Å²) in [4.78, 5) is 12.7. The predicted molar refractivity (Wildman–Crippen MR) is 82.3 cm³/mol. The number of halogens is 2. The van der Waals surface area contributed by atoms with Crippen molar-refractivity contribution in [1.82, 2.24) is 0 Å². The van der Waals surface area contributed by atoms with Crippen LogP contribution >= 0.6 is 28.6 Å². The zero-order valence-electron chi connectivity index (χ0n) is 10.5. The maximum absolute atomic E-state index is 13.3. The van der Waals surface area contributed by atoms with E-state index in [4.69, 9.17) is 4.74 Å². The van der Waals surface area contributed by atoms with Crippen molar-refractivity contribution >= 4 is 40.2 Å². The number of hydrogen-bond acceptors (Lipinski definition) is 3. The molecule has 20 heavy (non-hydrogen) atoms. The highest BCUT2D eigenvalue weighted by atomic mass is 79.9. The molecule has 0 unspecified atom stereocenters. The first-order valence-corrected chi connectivity index (χ1v) is 6.88. The number of anilines is 1. The standard InChI is InChI=1S/C14H11BrFNO2S/c1-19-12-7-9(3-5-11(12)16)17-14(18)10-4-2-8(15)6-13(10)20/h2-7,20H,1H3,(H,17,18). The molecular weight excluding hydrogens is 345 g/mol. The molecule has 0 atom stereocenters. The molecule has 0 radical (unpaired) electrons. The number of amides is 1. The van der Waals surface area contributed by atoms with E-state index in [1.54, 1.807) is 18.2 Å². The van der Waals surface area contributed by atoms with Gasteiger partial charge in [-0.1, -0.05) is 15.9 Å². The van der Waals surface area contributed by atoms with Gasteiger partial charge in [0.15, 0.2) is 11.6 Å². The number of rotatable bonds is 3. The lowest BCUT2D eigenvalue weighted by Gasteiger charge is -2.09. The lowest BCUT2D eigenvalue weighted by molar-refractivity contribution is 0.102. The van der Waals surface area contributed by atoms with Crippen LogP contribution in [0, 0.1) is 5.82 Å². The summed E-state index contributed by atoms with van der Waals surface area (Å²) in [6, 6.07) is 9.25. The Morgan fingerprint density at radius 1 is 1.30 bits per heavy atom. The Morgan fingerprint density at radius 2 is 2.05 bits per heavy atom. The van der Waals surface area contributed by atoms with Gasteiger partial charge in [0.1, 0.15) is 0 Å². The van der Waals surface area contributed by atoms with Gasteiger partial charge in [-0.05, 0) is 30.3 Å². The summed E-state index contributed by atoms with van der Waals surface area (Å²) in [6.45, 7) is 0. The van der Waals surface area contributed by atoms with Crippen molar-refractivity contribution in [2.75, 3.05) is 12.4 Å². The molecule has 0 bridgehead atoms. The minimum atomic E-state index is -0.482. The second kappa shape index (κ2) is 6.28. The molecule has 1 amide bonds. The topological polar surface area (TPSA) is 38.3 Å². The summed E-state index contributed by atoms with van der Waals surface area (Å²) in [7, 11) is 1.37. The highest BCUT2D eigenvalue weighted by Crippen LogP contribution is 2.24. The molecule has 104 valence electrons. The smallest absolute Gasteiger partial charge is 0.256 e. The van der Waals surface area contributed by atoms with Crippen molar-refractivity contribution in [3.63, 3.8) is 0 Å². The minimum Gasteiger partial charge on any atom is -0.494 e. The van der Waals surface area contributed by atoms with E-state index in [9.17, 15) is 9.18 Å². The maximum Gasteiger partial charge on any atom is 0.256 e. The summed E-state index contributed by atoms with van der Waals surface area (Å²) in [6.07, 6.45) is 0. The van der Waals surface area contributed by atoms with Gasteiger partial charge in [-0.15, -0.1) is 12.6 Å². The fourth-order valence-corrected chi connectivity index (χ4v) is 2.49. The first-order chi connectivity index (χ1) is 9.51. The molecule has 2 aromatic carbocycles. The summed E-state index contributed by atoms with van der Waals surface area (Å²) in [5.74, 6) is -0.732. The highest BCUT2D eigenvalue weighted by molar-refractivity contribution is 9.10. The monoisotopic (exact) mass is 355 g/mol. The summed E-state index contributed by atoms with van der Waals surface area (Å²) in [5.41, 5.74) is 0.878. The van der Waals surface area contributed by atoms with E-state index in [0.717, 1.165) is 4.47 Å². The van der Waals surface area contributed by atoms with Crippen LogP contribution in [0.15, 0.2) is 45.8 Å². The van der Waals surface area contributed by atoms with Gasteiger partial charge >= 0.3 is 0 Å². The molecule has 0 spiro atoms. The Labute approximate surface area is 129 Å². The van der Waals surface area contributed by atoms with E-state index in [0.29, 0.717) is 16.1 Å². The van der Waals surface area contributed by atoms with Crippen molar-refractivity contribution in [3.05, 3.63) is 52.3 Å². The Hall–Kier alpha value is -1.53. The third kappa shape index (κ3) is 3.32. The average Bonchev–Trinajstić information content (AvgIpc) is 2.40. The molecule has 6 heteroatoms. The second-order valence-corrected chi connectivity index (χ2v) is 5.36. The van der Waals surface area contributed by atoms with Crippen LogP contribution in [-0.4, -0.2) is 13.0 Å². The molecule has 0 aliphatic rings. The van der Waals surface area contributed by atoms with Crippen molar-refractivity contribution in [1.29, 1.82) is 0 Å². The molecule has 0 fully saturated rings.